The molecule has 0 radical (unpaired) electrons. The van der Waals surface area contributed by atoms with Gasteiger partial charge in [0.1, 0.15) is 12.1 Å². The van der Waals surface area contributed by atoms with Gasteiger partial charge in [0.25, 0.3) is 0 Å². The maximum atomic E-state index is 12.4. The van der Waals surface area contributed by atoms with Crippen LogP contribution in [0.5, 0.6) is 0 Å². The van der Waals surface area contributed by atoms with Crippen molar-refractivity contribution < 1.29 is 26.3 Å². The first-order chi connectivity index (χ1) is 8.11. The Morgan fingerprint density at radius 2 is 1.00 bits per heavy atom. The monoisotopic (exact) mass is 264 g/mol. The van der Waals surface area contributed by atoms with Gasteiger partial charge in [-0.25, -0.2) is 0 Å². The summed E-state index contributed by atoms with van der Waals surface area (Å²) in [5.74, 6) is 0. The number of halogens is 6. The van der Waals surface area contributed by atoms with Crippen LogP contribution in [0, 0.1) is 22.7 Å². The molecule has 0 unspecified atom stereocenters. The average Bonchev–Trinajstić information content (AvgIpc) is 2.24. The van der Waals surface area contributed by atoms with E-state index in [9.17, 15) is 26.3 Å². The zero-order valence-electron chi connectivity index (χ0n) is 8.32. The van der Waals surface area contributed by atoms with Gasteiger partial charge in [0, 0.05) is 0 Å². The Bertz CT molecular complexity index is 505. The van der Waals surface area contributed by atoms with Crippen molar-refractivity contribution >= 4 is 0 Å². The van der Waals surface area contributed by atoms with E-state index in [1.807, 2.05) is 0 Å². The third-order valence-electron chi connectivity index (χ3n) is 2.01. The molecule has 0 aliphatic carbocycles. The summed E-state index contributed by atoms with van der Waals surface area (Å²) < 4.78 is 74.6. The third-order valence-corrected chi connectivity index (χ3v) is 2.01. The molecule has 0 saturated heterocycles. The minimum atomic E-state index is -5.26. The van der Waals surface area contributed by atoms with Crippen molar-refractivity contribution in [3.8, 4) is 12.1 Å². The fraction of sp³-hybridized carbons (Fsp3) is 0.200. The highest BCUT2D eigenvalue weighted by Gasteiger charge is 2.43. The first-order valence-corrected chi connectivity index (χ1v) is 4.24. The van der Waals surface area contributed by atoms with Gasteiger partial charge in [-0.15, -0.1) is 0 Å². The van der Waals surface area contributed by atoms with Gasteiger partial charge in [-0.05, 0) is 12.1 Å². The molecule has 18 heavy (non-hydrogen) atoms. The number of benzene rings is 1. The molecular weight excluding hydrogens is 262 g/mol. The summed E-state index contributed by atoms with van der Waals surface area (Å²) in [4.78, 5) is 0. The quantitative estimate of drug-likeness (QED) is 0.673. The van der Waals surface area contributed by atoms with Gasteiger partial charge in [-0.3, -0.25) is 0 Å². The van der Waals surface area contributed by atoms with E-state index in [0.29, 0.717) is 0 Å². The Labute approximate surface area is 96.7 Å². The lowest BCUT2D eigenvalue weighted by Crippen LogP contribution is -2.17. The number of hydrogen-bond donors (Lipinski definition) is 0. The van der Waals surface area contributed by atoms with Crippen LogP contribution >= 0.6 is 0 Å². The third kappa shape index (κ3) is 2.54. The number of hydrogen-bond acceptors (Lipinski definition) is 2. The zero-order chi connectivity index (χ0) is 14.1. The summed E-state index contributed by atoms with van der Waals surface area (Å²) in [5.41, 5.74) is -5.47. The molecule has 0 heterocycles. The molecular formula is C10H2F6N2. The van der Waals surface area contributed by atoms with Crippen LogP contribution in [0.1, 0.15) is 22.3 Å². The minimum Gasteiger partial charge on any atom is -0.192 e. The molecule has 1 aromatic rings. The fourth-order valence-corrected chi connectivity index (χ4v) is 1.25. The second-order valence-electron chi connectivity index (χ2n) is 3.16. The van der Waals surface area contributed by atoms with E-state index in [2.05, 4.69) is 0 Å². The number of nitrogens with zero attached hydrogens (tertiary/aromatic N) is 2. The SMILES string of the molecule is N#Cc1cc(C(F)(F)F)c(C(F)(F)F)cc1C#N. The van der Waals surface area contributed by atoms with Gasteiger partial charge in [0.05, 0.1) is 22.3 Å². The molecule has 0 bridgehead atoms. The molecule has 0 atom stereocenters. The summed E-state index contributed by atoms with van der Waals surface area (Å²) >= 11 is 0. The molecule has 1 aromatic carbocycles. The summed E-state index contributed by atoms with van der Waals surface area (Å²) in [6.07, 6.45) is -10.5. The topological polar surface area (TPSA) is 47.6 Å². The smallest absolute Gasteiger partial charge is 0.192 e. The summed E-state index contributed by atoms with van der Waals surface area (Å²) in [5, 5.41) is 17.0. The van der Waals surface area contributed by atoms with E-state index in [1.165, 1.54) is 12.1 Å². The molecule has 0 saturated carbocycles. The van der Waals surface area contributed by atoms with Crippen LogP contribution in [0.15, 0.2) is 12.1 Å². The van der Waals surface area contributed by atoms with Crippen molar-refractivity contribution in [1.29, 1.82) is 10.5 Å². The lowest BCUT2D eigenvalue weighted by molar-refractivity contribution is -0.162. The highest BCUT2D eigenvalue weighted by Crippen LogP contribution is 2.41. The second-order valence-corrected chi connectivity index (χ2v) is 3.16. The first-order valence-electron chi connectivity index (χ1n) is 4.24. The standard InChI is InChI=1S/C10H2F6N2/c11-9(12,13)7-1-5(3-17)6(4-18)2-8(7)10(14,15)16/h1-2H. The molecule has 0 spiro atoms. The van der Waals surface area contributed by atoms with Crippen molar-refractivity contribution in [2.24, 2.45) is 0 Å². The predicted octanol–water partition coefficient (Wildman–Crippen LogP) is 3.47. The van der Waals surface area contributed by atoms with Crippen LogP contribution in [-0.2, 0) is 12.4 Å². The first kappa shape index (κ1) is 13.8. The van der Waals surface area contributed by atoms with Crippen LogP contribution in [0.3, 0.4) is 0 Å². The van der Waals surface area contributed by atoms with Gasteiger partial charge in [0.2, 0.25) is 0 Å². The summed E-state index contributed by atoms with van der Waals surface area (Å²) in [6, 6.07) is 2.55. The van der Waals surface area contributed by atoms with Crippen molar-refractivity contribution in [3.05, 3.63) is 34.4 Å². The molecule has 8 heteroatoms. The summed E-state index contributed by atoms with van der Waals surface area (Å²) in [7, 11) is 0. The predicted molar refractivity (Wildman–Crippen MR) is 45.9 cm³/mol. The van der Waals surface area contributed by atoms with Gasteiger partial charge < -0.3 is 0 Å². The maximum absolute atomic E-state index is 12.4. The Kier molecular flexibility index (Phi) is 3.25. The minimum absolute atomic E-state index is 0.0291. The van der Waals surface area contributed by atoms with E-state index in [0.717, 1.165) is 0 Å². The number of rotatable bonds is 0. The molecule has 1 rings (SSSR count). The average molecular weight is 264 g/mol. The Hall–Kier alpha value is -2.22. The summed E-state index contributed by atoms with van der Waals surface area (Å²) in [6.45, 7) is 0. The van der Waals surface area contributed by atoms with Crippen molar-refractivity contribution in [3.63, 3.8) is 0 Å². The lowest BCUT2D eigenvalue weighted by Gasteiger charge is -2.16. The van der Waals surface area contributed by atoms with E-state index in [4.69, 9.17) is 10.5 Å². The lowest BCUT2D eigenvalue weighted by atomic mass is 9.98. The molecule has 0 N–H and O–H groups in total. The van der Waals surface area contributed by atoms with Crippen molar-refractivity contribution in [2.45, 2.75) is 12.4 Å². The van der Waals surface area contributed by atoms with E-state index in [-0.39, 0.29) is 12.1 Å². The van der Waals surface area contributed by atoms with Crippen molar-refractivity contribution in [2.75, 3.05) is 0 Å². The van der Waals surface area contributed by atoms with Crippen LogP contribution in [-0.4, -0.2) is 0 Å². The number of nitriles is 2. The van der Waals surface area contributed by atoms with E-state index < -0.39 is 34.6 Å². The van der Waals surface area contributed by atoms with Crippen LogP contribution in [0.25, 0.3) is 0 Å². The van der Waals surface area contributed by atoms with Crippen LogP contribution in [0.4, 0.5) is 26.3 Å². The van der Waals surface area contributed by atoms with Crippen LogP contribution < -0.4 is 0 Å². The normalized spacial score (nSPS) is 11.8. The van der Waals surface area contributed by atoms with Gasteiger partial charge in [-0.2, -0.15) is 36.9 Å². The Balaban J connectivity index is 3.71. The molecule has 0 fully saturated rings. The molecule has 0 aliphatic heterocycles. The Morgan fingerprint density at radius 1 is 0.722 bits per heavy atom. The van der Waals surface area contributed by atoms with Gasteiger partial charge in [-0.1, -0.05) is 0 Å². The molecule has 94 valence electrons. The van der Waals surface area contributed by atoms with Gasteiger partial charge >= 0.3 is 12.4 Å². The molecule has 0 aromatic heterocycles. The zero-order valence-corrected chi connectivity index (χ0v) is 8.32. The molecule has 0 amide bonds. The van der Waals surface area contributed by atoms with E-state index >= 15 is 0 Å². The second kappa shape index (κ2) is 4.22. The Morgan fingerprint density at radius 3 is 1.17 bits per heavy atom. The molecule has 2 nitrogen and oxygen atoms in total. The maximum Gasteiger partial charge on any atom is 0.417 e. The highest BCUT2D eigenvalue weighted by atomic mass is 19.4. The van der Waals surface area contributed by atoms with Crippen LogP contribution in [0.2, 0.25) is 0 Å². The largest absolute Gasteiger partial charge is 0.417 e. The van der Waals surface area contributed by atoms with Gasteiger partial charge in [0.15, 0.2) is 0 Å². The fourth-order valence-electron chi connectivity index (χ4n) is 1.25. The molecule has 0 aliphatic rings. The van der Waals surface area contributed by atoms with Crippen molar-refractivity contribution in [1.82, 2.24) is 0 Å². The number of alkyl halides is 6. The van der Waals surface area contributed by atoms with E-state index in [1.54, 1.807) is 0 Å². The highest BCUT2D eigenvalue weighted by molar-refractivity contribution is 5.52.